The van der Waals surface area contributed by atoms with E-state index in [1.807, 2.05) is 18.2 Å². The number of hydrogen-bond donors (Lipinski definition) is 2. The van der Waals surface area contributed by atoms with Crippen molar-refractivity contribution in [3.8, 4) is 5.75 Å². The molecule has 1 heterocycles. The van der Waals surface area contributed by atoms with Gasteiger partial charge in [0.25, 0.3) is 0 Å². The van der Waals surface area contributed by atoms with Gasteiger partial charge in [0.1, 0.15) is 5.75 Å². The number of nitrogens with one attached hydrogen (secondary N) is 1. The second-order valence-electron chi connectivity index (χ2n) is 6.35. The summed E-state index contributed by atoms with van der Waals surface area (Å²) >= 11 is 0. The molecular weight excluding hydrogens is 290 g/mol. The molecule has 1 aliphatic carbocycles. The topological polar surface area (TPSA) is 68.9 Å². The first-order chi connectivity index (χ1) is 11.3. The van der Waals surface area contributed by atoms with Gasteiger partial charge >= 0.3 is 0 Å². The summed E-state index contributed by atoms with van der Waals surface area (Å²) < 4.78 is 11.7. The number of rotatable bonds is 6. The van der Waals surface area contributed by atoms with Crippen molar-refractivity contribution in [2.75, 3.05) is 13.2 Å². The molecule has 0 spiro atoms. The zero-order chi connectivity index (χ0) is 15.9. The van der Waals surface area contributed by atoms with Crippen LogP contribution >= 0.6 is 0 Å². The number of hydrogen-bond acceptors (Lipinski definition) is 3. The van der Waals surface area contributed by atoms with Crippen molar-refractivity contribution >= 4 is 5.96 Å². The number of para-hydroxylation sites is 1. The minimum absolute atomic E-state index is 0.265. The van der Waals surface area contributed by atoms with Gasteiger partial charge in [-0.2, -0.15) is 0 Å². The van der Waals surface area contributed by atoms with Crippen LogP contribution in [-0.4, -0.2) is 31.3 Å². The van der Waals surface area contributed by atoms with E-state index in [4.69, 9.17) is 15.2 Å². The lowest BCUT2D eigenvalue weighted by Gasteiger charge is -2.16. The van der Waals surface area contributed by atoms with E-state index < -0.39 is 0 Å². The van der Waals surface area contributed by atoms with E-state index in [9.17, 15) is 0 Å². The minimum atomic E-state index is 0.265. The van der Waals surface area contributed by atoms with Crippen LogP contribution in [0.4, 0.5) is 0 Å². The molecule has 0 radical (unpaired) electrons. The number of benzene rings is 1. The van der Waals surface area contributed by atoms with Crippen molar-refractivity contribution in [1.29, 1.82) is 0 Å². The van der Waals surface area contributed by atoms with Gasteiger partial charge in [-0.05, 0) is 44.6 Å². The van der Waals surface area contributed by atoms with Crippen LogP contribution in [0.25, 0.3) is 0 Å². The molecule has 0 amide bonds. The van der Waals surface area contributed by atoms with Gasteiger partial charge in [-0.25, -0.2) is 4.99 Å². The Labute approximate surface area is 138 Å². The lowest BCUT2D eigenvalue weighted by molar-refractivity contribution is 0.114. The molecule has 0 aromatic heterocycles. The predicted octanol–water partition coefficient (Wildman–Crippen LogP) is 2.59. The molecule has 23 heavy (non-hydrogen) atoms. The van der Waals surface area contributed by atoms with E-state index in [0.717, 1.165) is 50.1 Å². The van der Waals surface area contributed by atoms with Crippen molar-refractivity contribution < 1.29 is 9.47 Å². The Morgan fingerprint density at radius 2 is 2.04 bits per heavy atom. The van der Waals surface area contributed by atoms with Crippen LogP contribution in [0.5, 0.6) is 5.75 Å². The van der Waals surface area contributed by atoms with E-state index in [0.29, 0.717) is 18.6 Å². The van der Waals surface area contributed by atoms with Gasteiger partial charge in [-0.1, -0.05) is 18.2 Å². The normalized spacial score (nSPS) is 22.4. The van der Waals surface area contributed by atoms with Crippen LogP contribution in [0, 0.1) is 0 Å². The van der Waals surface area contributed by atoms with Crippen LogP contribution in [0.1, 0.15) is 44.1 Å². The Morgan fingerprint density at radius 3 is 2.83 bits per heavy atom. The van der Waals surface area contributed by atoms with E-state index in [2.05, 4.69) is 16.4 Å². The molecule has 2 fully saturated rings. The molecule has 5 nitrogen and oxygen atoms in total. The Balaban J connectivity index is 1.52. The van der Waals surface area contributed by atoms with E-state index in [1.54, 1.807) is 0 Å². The number of guanidine groups is 1. The molecule has 1 atom stereocenters. The minimum Gasteiger partial charge on any atom is -0.490 e. The summed E-state index contributed by atoms with van der Waals surface area (Å²) in [7, 11) is 0. The highest BCUT2D eigenvalue weighted by atomic mass is 16.5. The second-order valence-corrected chi connectivity index (χ2v) is 6.35. The maximum absolute atomic E-state index is 6.13. The summed E-state index contributed by atoms with van der Waals surface area (Å²) in [6.45, 7) is 2.12. The lowest BCUT2D eigenvalue weighted by atomic mass is 10.2. The third-order valence-corrected chi connectivity index (χ3v) is 4.52. The molecule has 1 saturated heterocycles. The van der Waals surface area contributed by atoms with Crippen LogP contribution in [0.15, 0.2) is 29.3 Å². The molecule has 1 saturated carbocycles. The molecule has 1 unspecified atom stereocenters. The lowest BCUT2D eigenvalue weighted by Crippen LogP contribution is -2.37. The van der Waals surface area contributed by atoms with Crippen molar-refractivity contribution in [2.24, 2.45) is 10.7 Å². The molecule has 3 N–H and O–H groups in total. The summed E-state index contributed by atoms with van der Waals surface area (Å²) in [4.78, 5) is 4.44. The molecule has 126 valence electrons. The van der Waals surface area contributed by atoms with Gasteiger partial charge in [0, 0.05) is 18.7 Å². The fourth-order valence-electron chi connectivity index (χ4n) is 3.19. The molecular formula is C18H27N3O2. The smallest absolute Gasteiger partial charge is 0.189 e. The molecule has 3 rings (SSSR count). The maximum atomic E-state index is 6.13. The summed E-state index contributed by atoms with van der Waals surface area (Å²) in [6, 6.07) is 8.11. The number of nitrogens with two attached hydrogens (primary N) is 1. The van der Waals surface area contributed by atoms with E-state index in [1.165, 1.54) is 12.8 Å². The average molecular weight is 317 g/mol. The summed E-state index contributed by atoms with van der Waals surface area (Å²) in [5.74, 6) is 1.41. The molecule has 1 aromatic carbocycles. The van der Waals surface area contributed by atoms with E-state index >= 15 is 0 Å². The highest BCUT2D eigenvalue weighted by Crippen LogP contribution is 2.26. The first-order valence-electron chi connectivity index (χ1n) is 8.71. The van der Waals surface area contributed by atoms with Crippen molar-refractivity contribution in [3.05, 3.63) is 29.8 Å². The molecule has 5 heteroatoms. The first-order valence-corrected chi connectivity index (χ1v) is 8.71. The van der Waals surface area contributed by atoms with Crippen molar-refractivity contribution in [1.82, 2.24) is 5.32 Å². The van der Waals surface area contributed by atoms with Crippen LogP contribution < -0.4 is 15.8 Å². The number of nitrogens with zero attached hydrogens (tertiary/aromatic N) is 1. The van der Waals surface area contributed by atoms with Crippen molar-refractivity contribution in [2.45, 2.75) is 57.3 Å². The highest BCUT2D eigenvalue weighted by Gasteiger charge is 2.18. The Bertz CT molecular complexity index is 521. The van der Waals surface area contributed by atoms with Gasteiger partial charge in [0.2, 0.25) is 0 Å². The highest BCUT2D eigenvalue weighted by molar-refractivity contribution is 5.77. The third kappa shape index (κ3) is 4.86. The van der Waals surface area contributed by atoms with Gasteiger partial charge < -0.3 is 20.5 Å². The third-order valence-electron chi connectivity index (χ3n) is 4.52. The fourth-order valence-corrected chi connectivity index (χ4v) is 3.19. The largest absolute Gasteiger partial charge is 0.490 e. The Kier molecular flexibility index (Phi) is 5.75. The quantitative estimate of drug-likeness (QED) is 0.625. The second kappa shape index (κ2) is 8.20. The zero-order valence-electron chi connectivity index (χ0n) is 13.7. The van der Waals surface area contributed by atoms with Crippen LogP contribution in [0.3, 0.4) is 0 Å². The Hall–Kier alpha value is -1.75. The number of aliphatic imine (C=N–C) groups is 1. The summed E-state index contributed by atoms with van der Waals surface area (Å²) in [5, 5.41) is 3.15. The Morgan fingerprint density at radius 1 is 1.22 bits per heavy atom. The van der Waals surface area contributed by atoms with Gasteiger partial charge in [-0.15, -0.1) is 0 Å². The van der Waals surface area contributed by atoms with Gasteiger partial charge in [0.15, 0.2) is 5.96 Å². The van der Waals surface area contributed by atoms with Gasteiger partial charge in [-0.3, -0.25) is 0 Å². The average Bonchev–Trinajstić information content (AvgIpc) is 3.25. The number of ether oxygens (including phenoxy) is 2. The van der Waals surface area contributed by atoms with E-state index in [-0.39, 0.29) is 6.10 Å². The molecule has 0 bridgehead atoms. The molecule has 2 aliphatic rings. The molecule has 1 aliphatic heterocycles. The van der Waals surface area contributed by atoms with Crippen LogP contribution in [-0.2, 0) is 11.3 Å². The first kappa shape index (κ1) is 16.1. The monoisotopic (exact) mass is 317 g/mol. The van der Waals surface area contributed by atoms with Crippen molar-refractivity contribution in [3.63, 3.8) is 0 Å². The summed E-state index contributed by atoms with van der Waals surface area (Å²) in [5.41, 5.74) is 7.04. The zero-order valence-corrected chi connectivity index (χ0v) is 13.7. The van der Waals surface area contributed by atoms with Crippen LogP contribution in [0.2, 0.25) is 0 Å². The maximum Gasteiger partial charge on any atom is 0.189 e. The summed E-state index contributed by atoms with van der Waals surface area (Å²) in [6.07, 6.45) is 7.70. The fraction of sp³-hybridized carbons (Fsp3) is 0.611. The molecule has 1 aromatic rings. The predicted molar refractivity (Wildman–Crippen MR) is 91.6 cm³/mol. The standard InChI is InChI=1S/C18H27N3O2/c19-18(21-13-16-9-5-11-22-16)20-12-14-6-1-4-10-17(14)23-15-7-2-3-8-15/h1,4,6,10,15-16H,2-3,5,7-9,11-13H2,(H3,19,20,21). The van der Waals surface area contributed by atoms with Gasteiger partial charge in [0.05, 0.1) is 18.8 Å². The SMILES string of the molecule is NC(=NCc1ccccc1OC1CCCC1)NCC1CCCO1.